The molecule has 0 aliphatic rings. The van der Waals surface area contributed by atoms with E-state index in [1.165, 1.54) is 89.4 Å². The summed E-state index contributed by atoms with van der Waals surface area (Å²) in [5, 5.41) is 8.80. The lowest BCUT2D eigenvalue weighted by atomic mass is 10.1. The van der Waals surface area contributed by atoms with Crippen LogP contribution in [0.25, 0.3) is 0 Å². The van der Waals surface area contributed by atoms with Gasteiger partial charge in [0.25, 0.3) is 5.95 Å². The third-order valence-electron chi connectivity index (χ3n) is 4.72. The van der Waals surface area contributed by atoms with Crippen molar-refractivity contribution >= 4 is 5.97 Å². The van der Waals surface area contributed by atoms with Crippen LogP contribution < -0.4 is 4.74 Å². The molecule has 0 aliphatic heterocycles. The van der Waals surface area contributed by atoms with Gasteiger partial charge in [0.15, 0.2) is 0 Å². The quantitative estimate of drug-likeness (QED) is 0.214. The summed E-state index contributed by atoms with van der Waals surface area (Å²) in [7, 11) is 0. The SMILES string of the molecule is CCCCCCCC/C=C/CCCCCCCCOc1cc(C(=O)O)co1. The lowest BCUT2D eigenvalue weighted by Gasteiger charge is -2.02. The molecular formula is C23H38O4. The molecule has 1 rings (SSSR count). The maximum atomic E-state index is 10.7. The van der Waals surface area contributed by atoms with Gasteiger partial charge in [-0.1, -0.05) is 76.9 Å². The summed E-state index contributed by atoms with van der Waals surface area (Å²) in [5.41, 5.74) is 0.131. The summed E-state index contributed by atoms with van der Waals surface area (Å²) in [5.74, 6) is -0.703. The van der Waals surface area contributed by atoms with Crippen LogP contribution in [0.15, 0.2) is 28.9 Å². The number of hydrogen-bond acceptors (Lipinski definition) is 3. The molecule has 0 radical (unpaired) electrons. The van der Waals surface area contributed by atoms with E-state index >= 15 is 0 Å². The Labute approximate surface area is 165 Å². The summed E-state index contributed by atoms with van der Waals surface area (Å²) in [4.78, 5) is 10.7. The average molecular weight is 379 g/mol. The van der Waals surface area contributed by atoms with Gasteiger partial charge in [-0.25, -0.2) is 4.79 Å². The number of hydrogen-bond donors (Lipinski definition) is 1. The zero-order chi connectivity index (χ0) is 19.6. The number of aromatic carboxylic acids is 1. The van der Waals surface area contributed by atoms with Gasteiger partial charge in [-0.2, -0.15) is 0 Å². The molecule has 1 aromatic heterocycles. The van der Waals surface area contributed by atoms with Crippen LogP contribution in [0, 0.1) is 0 Å². The summed E-state index contributed by atoms with van der Waals surface area (Å²) in [6, 6.07) is 1.42. The van der Waals surface area contributed by atoms with Gasteiger partial charge in [0.05, 0.1) is 6.61 Å². The highest BCUT2D eigenvalue weighted by molar-refractivity contribution is 5.87. The van der Waals surface area contributed by atoms with Gasteiger partial charge in [0.2, 0.25) is 0 Å². The normalized spacial score (nSPS) is 11.3. The Bertz CT molecular complexity index is 504. The molecule has 4 nitrogen and oxygen atoms in total. The second-order valence-corrected chi connectivity index (χ2v) is 7.25. The van der Waals surface area contributed by atoms with Crippen molar-refractivity contribution in [1.29, 1.82) is 0 Å². The third-order valence-corrected chi connectivity index (χ3v) is 4.72. The Balaban J connectivity index is 1.81. The van der Waals surface area contributed by atoms with Gasteiger partial charge in [0.1, 0.15) is 11.8 Å². The van der Waals surface area contributed by atoms with Gasteiger partial charge in [-0.05, 0) is 32.1 Å². The molecule has 0 bridgehead atoms. The first-order chi connectivity index (χ1) is 13.2. The van der Waals surface area contributed by atoms with Crippen LogP contribution in [0.5, 0.6) is 5.95 Å². The van der Waals surface area contributed by atoms with Gasteiger partial charge in [0, 0.05) is 6.07 Å². The maximum Gasteiger partial charge on any atom is 0.339 e. The molecule has 0 saturated carbocycles. The lowest BCUT2D eigenvalue weighted by Crippen LogP contribution is -1.96. The minimum absolute atomic E-state index is 0.131. The fourth-order valence-electron chi connectivity index (χ4n) is 3.03. The third kappa shape index (κ3) is 13.2. The van der Waals surface area contributed by atoms with Crippen molar-refractivity contribution in [3.63, 3.8) is 0 Å². The van der Waals surface area contributed by atoms with Crippen molar-refractivity contribution in [3.05, 3.63) is 30.0 Å². The highest BCUT2D eigenvalue weighted by Gasteiger charge is 2.08. The fourth-order valence-corrected chi connectivity index (χ4v) is 3.03. The summed E-state index contributed by atoms with van der Waals surface area (Å²) in [6.45, 7) is 2.84. The molecule has 0 fully saturated rings. The van der Waals surface area contributed by atoms with Crippen LogP contribution >= 0.6 is 0 Å². The van der Waals surface area contributed by atoms with Crippen LogP contribution in [0.4, 0.5) is 0 Å². The number of furan rings is 1. The van der Waals surface area contributed by atoms with Crippen LogP contribution in [-0.4, -0.2) is 17.7 Å². The first-order valence-electron chi connectivity index (χ1n) is 10.8. The average Bonchev–Trinajstić information content (AvgIpc) is 3.13. The van der Waals surface area contributed by atoms with Crippen LogP contribution in [0.1, 0.15) is 107 Å². The Hall–Kier alpha value is -1.71. The summed E-state index contributed by atoms with van der Waals surface area (Å²) in [6.07, 6.45) is 23.8. The molecule has 1 N–H and O–H groups in total. The van der Waals surface area contributed by atoms with Gasteiger partial charge < -0.3 is 14.3 Å². The highest BCUT2D eigenvalue weighted by atomic mass is 16.6. The van der Waals surface area contributed by atoms with E-state index in [-0.39, 0.29) is 5.56 Å². The van der Waals surface area contributed by atoms with Gasteiger partial charge >= 0.3 is 5.97 Å². The Kier molecular flexibility index (Phi) is 14.2. The number of carboxylic acid groups (broad SMARTS) is 1. The van der Waals surface area contributed by atoms with E-state index in [1.807, 2.05) is 0 Å². The molecule has 0 aromatic carbocycles. The minimum atomic E-state index is -0.995. The first-order valence-corrected chi connectivity index (χ1v) is 10.8. The predicted octanol–water partition coefficient (Wildman–Crippen LogP) is 7.39. The maximum absolute atomic E-state index is 10.7. The van der Waals surface area contributed by atoms with Crippen molar-refractivity contribution in [3.8, 4) is 5.95 Å². The van der Waals surface area contributed by atoms with E-state index in [1.54, 1.807) is 0 Å². The Morgan fingerprint density at radius 3 is 2.04 bits per heavy atom. The van der Waals surface area contributed by atoms with Crippen molar-refractivity contribution in [1.82, 2.24) is 0 Å². The van der Waals surface area contributed by atoms with E-state index in [0.717, 1.165) is 12.8 Å². The Morgan fingerprint density at radius 1 is 0.926 bits per heavy atom. The molecule has 0 aliphatic carbocycles. The van der Waals surface area contributed by atoms with E-state index in [2.05, 4.69) is 19.1 Å². The van der Waals surface area contributed by atoms with Gasteiger partial charge in [-0.15, -0.1) is 0 Å². The largest absolute Gasteiger partial charge is 0.478 e. The van der Waals surface area contributed by atoms with Crippen molar-refractivity contribution in [2.24, 2.45) is 0 Å². The monoisotopic (exact) mass is 378 g/mol. The van der Waals surface area contributed by atoms with Crippen LogP contribution in [0.3, 0.4) is 0 Å². The van der Waals surface area contributed by atoms with Crippen LogP contribution in [0.2, 0.25) is 0 Å². The van der Waals surface area contributed by atoms with Crippen molar-refractivity contribution < 1.29 is 19.1 Å². The molecule has 0 saturated heterocycles. The van der Waals surface area contributed by atoms with Crippen molar-refractivity contribution in [2.75, 3.05) is 6.61 Å². The highest BCUT2D eigenvalue weighted by Crippen LogP contribution is 2.16. The van der Waals surface area contributed by atoms with Crippen molar-refractivity contribution in [2.45, 2.75) is 96.8 Å². The first kappa shape index (κ1) is 23.3. The predicted molar refractivity (Wildman–Crippen MR) is 111 cm³/mol. The second kappa shape index (κ2) is 16.5. The molecule has 0 amide bonds. The number of allylic oxidation sites excluding steroid dienone is 2. The van der Waals surface area contributed by atoms with Gasteiger partial charge in [-0.3, -0.25) is 0 Å². The fraction of sp³-hybridized carbons (Fsp3) is 0.696. The summed E-state index contributed by atoms with van der Waals surface area (Å²) >= 11 is 0. The molecule has 0 atom stereocenters. The Morgan fingerprint density at radius 2 is 1.48 bits per heavy atom. The summed E-state index contributed by atoms with van der Waals surface area (Å²) < 4.78 is 10.5. The molecule has 27 heavy (non-hydrogen) atoms. The molecule has 1 heterocycles. The second-order valence-electron chi connectivity index (χ2n) is 7.25. The number of ether oxygens (including phenoxy) is 1. The number of carbonyl (C=O) groups is 1. The molecule has 1 aromatic rings. The minimum Gasteiger partial charge on any atom is -0.478 e. The number of unbranched alkanes of at least 4 members (excludes halogenated alkanes) is 12. The zero-order valence-corrected chi connectivity index (χ0v) is 17.1. The molecule has 154 valence electrons. The number of carboxylic acids is 1. The number of rotatable bonds is 18. The van der Waals surface area contributed by atoms with E-state index in [4.69, 9.17) is 14.3 Å². The lowest BCUT2D eigenvalue weighted by molar-refractivity contribution is 0.0696. The standard InChI is InChI=1S/C23H38O4/c1-2-3-4-5-6-7-8-9-10-11-12-13-14-15-16-17-18-26-22-19-21(20-27-22)23(24)25/h9-10,19-20H,2-8,11-18H2,1H3,(H,24,25)/b10-9+. The smallest absolute Gasteiger partial charge is 0.339 e. The molecular weight excluding hydrogens is 340 g/mol. The van der Waals surface area contributed by atoms with E-state index in [9.17, 15) is 4.79 Å². The topological polar surface area (TPSA) is 59.7 Å². The molecule has 0 spiro atoms. The molecule has 0 unspecified atom stereocenters. The molecule has 4 heteroatoms. The van der Waals surface area contributed by atoms with Crippen LogP contribution in [-0.2, 0) is 0 Å². The zero-order valence-electron chi connectivity index (χ0n) is 17.1. The van der Waals surface area contributed by atoms with E-state index < -0.39 is 5.97 Å². The van der Waals surface area contributed by atoms with E-state index in [0.29, 0.717) is 12.6 Å².